The summed E-state index contributed by atoms with van der Waals surface area (Å²) in [5, 5.41) is 0. The van der Waals surface area contributed by atoms with Crippen LogP contribution in [-0.2, 0) is 4.74 Å². The normalized spacial score (nSPS) is 15.1. The number of hydrogen-bond acceptors (Lipinski definition) is 5. The standard InChI is InChI=1S/C19H24BrN3O2/c1-3-22(4-2)16-7-5-15(6-8-16)21-14-17-13-18(20)19(25-17)23-9-11-24-12-10-23/h5-8,13-14H,3-4,9-12H2,1-2H3. The molecule has 134 valence electrons. The van der Waals surface area contributed by atoms with Gasteiger partial charge in [0.1, 0.15) is 5.76 Å². The predicted molar refractivity (Wildman–Crippen MR) is 107 cm³/mol. The van der Waals surface area contributed by atoms with Crippen LogP contribution in [0.3, 0.4) is 0 Å². The average molecular weight is 406 g/mol. The highest BCUT2D eigenvalue weighted by Gasteiger charge is 2.18. The van der Waals surface area contributed by atoms with Gasteiger partial charge in [-0.05, 0) is 54.0 Å². The largest absolute Gasteiger partial charge is 0.438 e. The van der Waals surface area contributed by atoms with Crippen molar-refractivity contribution in [1.82, 2.24) is 0 Å². The number of furan rings is 1. The second-order valence-electron chi connectivity index (χ2n) is 5.85. The third-order valence-corrected chi connectivity index (χ3v) is 4.87. The summed E-state index contributed by atoms with van der Waals surface area (Å²) in [6.45, 7) is 9.48. The molecule has 0 unspecified atom stereocenters. The summed E-state index contributed by atoms with van der Waals surface area (Å²) in [7, 11) is 0. The zero-order valence-corrected chi connectivity index (χ0v) is 16.3. The van der Waals surface area contributed by atoms with Crippen molar-refractivity contribution in [2.75, 3.05) is 49.2 Å². The summed E-state index contributed by atoms with van der Waals surface area (Å²) >= 11 is 3.58. The lowest BCUT2D eigenvalue weighted by Crippen LogP contribution is -2.36. The van der Waals surface area contributed by atoms with Gasteiger partial charge in [-0.2, -0.15) is 0 Å². The van der Waals surface area contributed by atoms with Gasteiger partial charge in [0.25, 0.3) is 0 Å². The van der Waals surface area contributed by atoms with E-state index in [0.717, 1.165) is 61.2 Å². The molecule has 1 aliphatic heterocycles. The van der Waals surface area contributed by atoms with Crippen molar-refractivity contribution < 1.29 is 9.15 Å². The van der Waals surface area contributed by atoms with Crippen LogP contribution in [0.4, 0.5) is 17.3 Å². The van der Waals surface area contributed by atoms with E-state index in [4.69, 9.17) is 9.15 Å². The van der Waals surface area contributed by atoms with E-state index < -0.39 is 0 Å². The summed E-state index contributed by atoms with van der Waals surface area (Å²) in [4.78, 5) is 9.02. The van der Waals surface area contributed by atoms with Gasteiger partial charge in [0.2, 0.25) is 5.88 Å². The molecule has 0 N–H and O–H groups in total. The maximum absolute atomic E-state index is 5.94. The molecular weight excluding hydrogens is 382 g/mol. The fourth-order valence-corrected chi connectivity index (χ4v) is 3.46. The van der Waals surface area contributed by atoms with Gasteiger partial charge in [-0.25, -0.2) is 0 Å². The van der Waals surface area contributed by atoms with Crippen molar-refractivity contribution in [1.29, 1.82) is 0 Å². The van der Waals surface area contributed by atoms with Gasteiger partial charge >= 0.3 is 0 Å². The Kier molecular flexibility index (Phi) is 6.15. The lowest BCUT2D eigenvalue weighted by atomic mass is 10.2. The second kappa shape index (κ2) is 8.54. The fraction of sp³-hybridized carbons (Fsp3) is 0.421. The van der Waals surface area contributed by atoms with Crippen molar-refractivity contribution in [3.05, 3.63) is 40.6 Å². The van der Waals surface area contributed by atoms with Crippen molar-refractivity contribution in [2.24, 2.45) is 4.99 Å². The smallest absolute Gasteiger partial charge is 0.210 e. The van der Waals surface area contributed by atoms with Gasteiger partial charge in [0.15, 0.2) is 0 Å². The van der Waals surface area contributed by atoms with E-state index in [-0.39, 0.29) is 0 Å². The minimum atomic E-state index is 0.732. The molecule has 0 saturated carbocycles. The van der Waals surface area contributed by atoms with Gasteiger partial charge in [-0.1, -0.05) is 0 Å². The first kappa shape index (κ1) is 18.0. The van der Waals surface area contributed by atoms with Crippen LogP contribution in [0.1, 0.15) is 19.6 Å². The summed E-state index contributed by atoms with van der Waals surface area (Å²) < 4.78 is 12.3. The minimum Gasteiger partial charge on any atom is -0.438 e. The van der Waals surface area contributed by atoms with Gasteiger partial charge in [-0.15, -0.1) is 0 Å². The van der Waals surface area contributed by atoms with Gasteiger partial charge in [0, 0.05) is 37.9 Å². The van der Waals surface area contributed by atoms with Crippen molar-refractivity contribution in [3.8, 4) is 0 Å². The Labute approximate surface area is 157 Å². The predicted octanol–water partition coefficient (Wildman–Crippen LogP) is 4.48. The van der Waals surface area contributed by atoms with Gasteiger partial charge in [0.05, 0.1) is 29.6 Å². The SMILES string of the molecule is CCN(CC)c1ccc(N=Cc2cc(Br)c(N3CCOCC3)o2)cc1. The van der Waals surface area contributed by atoms with E-state index in [1.165, 1.54) is 5.69 Å². The summed E-state index contributed by atoms with van der Waals surface area (Å²) in [6, 6.07) is 10.2. The van der Waals surface area contributed by atoms with E-state index in [2.05, 4.69) is 56.7 Å². The molecule has 1 aromatic heterocycles. The zero-order chi connectivity index (χ0) is 17.6. The Hall–Kier alpha value is -1.79. The van der Waals surface area contributed by atoms with Crippen molar-refractivity contribution in [2.45, 2.75) is 13.8 Å². The molecule has 1 aromatic carbocycles. The molecule has 25 heavy (non-hydrogen) atoms. The molecule has 2 heterocycles. The van der Waals surface area contributed by atoms with Crippen LogP contribution in [0.5, 0.6) is 0 Å². The first-order valence-electron chi connectivity index (χ1n) is 8.72. The van der Waals surface area contributed by atoms with E-state index in [0.29, 0.717) is 0 Å². The molecule has 1 aliphatic rings. The first-order valence-corrected chi connectivity index (χ1v) is 9.51. The highest BCUT2D eigenvalue weighted by molar-refractivity contribution is 9.10. The van der Waals surface area contributed by atoms with Gasteiger partial charge < -0.3 is 19.0 Å². The van der Waals surface area contributed by atoms with E-state index >= 15 is 0 Å². The third-order valence-electron chi connectivity index (χ3n) is 4.31. The van der Waals surface area contributed by atoms with Gasteiger partial charge in [-0.3, -0.25) is 4.99 Å². The number of morpholine rings is 1. The zero-order valence-electron chi connectivity index (χ0n) is 14.7. The molecule has 0 aliphatic carbocycles. The number of halogens is 1. The van der Waals surface area contributed by atoms with Crippen molar-refractivity contribution >= 4 is 39.4 Å². The Morgan fingerprint density at radius 2 is 1.84 bits per heavy atom. The number of aliphatic imine (C=N–C) groups is 1. The molecule has 6 heteroatoms. The number of nitrogens with zero attached hydrogens (tertiary/aromatic N) is 3. The monoisotopic (exact) mass is 405 g/mol. The molecule has 0 spiro atoms. The summed E-state index contributed by atoms with van der Waals surface area (Å²) in [5.41, 5.74) is 2.13. The quantitative estimate of drug-likeness (QED) is 0.664. The van der Waals surface area contributed by atoms with Crippen LogP contribution >= 0.6 is 15.9 Å². The second-order valence-corrected chi connectivity index (χ2v) is 6.70. The Balaban J connectivity index is 1.69. The maximum atomic E-state index is 5.94. The number of benzene rings is 1. The molecule has 0 radical (unpaired) electrons. The number of rotatable bonds is 6. The van der Waals surface area contributed by atoms with Crippen LogP contribution in [0.25, 0.3) is 0 Å². The number of hydrogen-bond donors (Lipinski definition) is 0. The highest BCUT2D eigenvalue weighted by Crippen LogP contribution is 2.30. The van der Waals surface area contributed by atoms with Crippen LogP contribution in [-0.4, -0.2) is 45.6 Å². The number of anilines is 2. The molecule has 3 rings (SSSR count). The van der Waals surface area contributed by atoms with E-state index in [9.17, 15) is 0 Å². The van der Waals surface area contributed by atoms with Crippen molar-refractivity contribution in [3.63, 3.8) is 0 Å². The third kappa shape index (κ3) is 4.44. The Bertz CT molecular complexity index is 702. The van der Waals surface area contributed by atoms with E-state index in [1.54, 1.807) is 6.21 Å². The van der Waals surface area contributed by atoms with Crippen LogP contribution in [0.15, 0.2) is 44.2 Å². The first-order chi connectivity index (χ1) is 12.2. The molecule has 2 aromatic rings. The molecule has 5 nitrogen and oxygen atoms in total. The maximum Gasteiger partial charge on any atom is 0.210 e. The minimum absolute atomic E-state index is 0.732. The van der Waals surface area contributed by atoms with Crippen LogP contribution in [0.2, 0.25) is 0 Å². The lowest BCUT2D eigenvalue weighted by molar-refractivity contribution is 0.120. The Morgan fingerprint density at radius 3 is 2.48 bits per heavy atom. The molecule has 0 atom stereocenters. The number of ether oxygens (including phenoxy) is 1. The van der Waals surface area contributed by atoms with Crippen LogP contribution in [0, 0.1) is 0 Å². The Morgan fingerprint density at radius 1 is 1.16 bits per heavy atom. The molecular formula is C19H24BrN3O2. The molecule has 1 fully saturated rings. The summed E-state index contributed by atoms with van der Waals surface area (Å²) in [6.07, 6.45) is 1.77. The molecule has 0 bridgehead atoms. The highest BCUT2D eigenvalue weighted by atomic mass is 79.9. The fourth-order valence-electron chi connectivity index (χ4n) is 2.90. The summed E-state index contributed by atoms with van der Waals surface area (Å²) in [5.74, 6) is 1.59. The lowest BCUT2D eigenvalue weighted by Gasteiger charge is -2.26. The van der Waals surface area contributed by atoms with Crippen LogP contribution < -0.4 is 9.80 Å². The molecule has 1 saturated heterocycles. The topological polar surface area (TPSA) is 41.2 Å². The molecule has 0 amide bonds. The average Bonchev–Trinajstić information content (AvgIpc) is 3.03. The van der Waals surface area contributed by atoms with E-state index in [1.807, 2.05) is 18.2 Å².